The highest BCUT2D eigenvalue weighted by atomic mass is 32.2. The lowest BCUT2D eigenvalue weighted by Crippen LogP contribution is -2.35. The summed E-state index contributed by atoms with van der Waals surface area (Å²) in [5.74, 6) is -0.797. The molecule has 0 amide bonds. The van der Waals surface area contributed by atoms with E-state index in [-0.39, 0.29) is 0 Å². The molecule has 0 radical (unpaired) electrons. The van der Waals surface area contributed by atoms with E-state index >= 15 is 0 Å². The number of thioether (sulfide) groups is 1. The first-order valence-electron chi connectivity index (χ1n) is 6.32. The third-order valence-electron chi connectivity index (χ3n) is 3.54. The maximum Gasteiger partial charge on any atom is 0.331 e. The van der Waals surface area contributed by atoms with Crippen LogP contribution in [0.5, 0.6) is 0 Å². The Morgan fingerprint density at radius 3 is 2.59 bits per heavy atom. The minimum absolute atomic E-state index is 0.392. The van der Waals surface area contributed by atoms with Crippen LogP contribution < -0.4 is 5.32 Å². The van der Waals surface area contributed by atoms with Crippen molar-refractivity contribution < 1.29 is 9.90 Å². The van der Waals surface area contributed by atoms with Crippen LogP contribution in [0.2, 0.25) is 0 Å². The van der Waals surface area contributed by atoms with Gasteiger partial charge in [0.15, 0.2) is 0 Å². The van der Waals surface area contributed by atoms with Crippen LogP contribution in [-0.2, 0) is 4.79 Å². The average molecular weight is 257 g/mol. The van der Waals surface area contributed by atoms with Crippen LogP contribution in [0.4, 0.5) is 0 Å². The molecule has 0 heterocycles. The van der Waals surface area contributed by atoms with E-state index < -0.39 is 5.97 Å². The summed E-state index contributed by atoms with van der Waals surface area (Å²) in [5.41, 5.74) is 0.502. The number of nitrogens with one attached hydrogen (secondary N) is 1. The Balaban J connectivity index is 2.34. The van der Waals surface area contributed by atoms with Gasteiger partial charge in [0.05, 0.1) is 0 Å². The lowest BCUT2D eigenvalue weighted by atomic mass is 10.1. The van der Waals surface area contributed by atoms with Crippen LogP contribution in [0, 0.1) is 0 Å². The standard InChI is InChI=1S/C13H23NO2S/c1-3-11(12(15)16)6-9-14-10-13(17-2)7-4-5-8-13/h6,14H,3-5,7-10H2,1-2H3,(H,15,16). The molecule has 4 heteroatoms. The van der Waals surface area contributed by atoms with E-state index in [1.807, 2.05) is 18.7 Å². The normalized spacial score (nSPS) is 19.5. The lowest BCUT2D eigenvalue weighted by Gasteiger charge is -2.26. The molecule has 0 aliphatic heterocycles. The van der Waals surface area contributed by atoms with E-state index in [1.165, 1.54) is 25.7 Å². The summed E-state index contributed by atoms with van der Waals surface area (Å²) < 4.78 is 0.392. The van der Waals surface area contributed by atoms with Crippen LogP contribution in [0.15, 0.2) is 11.6 Å². The first-order chi connectivity index (χ1) is 8.13. The van der Waals surface area contributed by atoms with Gasteiger partial charge in [-0.2, -0.15) is 11.8 Å². The van der Waals surface area contributed by atoms with Crippen LogP contribution >= 0.6 is 11.8 Å². The number of rotatable bonds is 7. The minimum atomic E-state index is -0.797. The van der Waals surface area contributed by atoms with Gasteiger partial charge in [-0.1, -0.05) is 25.8 Å². The van der Waals surface area contributed by atoms with E-state index in [4.69, 9.17) is 5.11 Å². The van der Waals surface area contributed by atoms with Crippen molar-refractivity contribution in [1.82, 2.24) is 5.32 Å². The van der Waals surface area contributed by atoms with Crippen molar-refractivity contribution >= 4 is 17.7 Å². The molecule has 0 aromatic rings. The highest BCUT2D eigenvalue weighted by Gasteiger charge is 2.32. The zero-order chi connectivity index (χ0) is 12.7. The predicted molar refractivity (Wildman–Crippen MR) is 73.6 cm³/mol. The molecule has 1 aliphatic rings. The summed E-state index contributed by atoms with van der Waals surface area (Å²) in [6.45, 7) is 3.53. The Kier molecular flexibility index (Phi) is 6.06. The number of hydrogen-bond acceptors (Lipinski definition) is 3. The molecule has 0 aromatic heterocycles. The summed E-state index contributed by atoms with van der Waals surface area (Å²) in [4.78, 5) is 10.8. The maximum atomic E-state index is 10.8. The van der Waals surface area contributed by atoms with Gasteiger partial charge in [-0.3, -0.25) is 0 Å². The molecule has 0 saturated heterocycles. The van der Waals surface area contributed by atoms with Gasteiger partial charge >= 0.3 is 5.97 Å². The fourth-order valence-corrected chi connectivity index (χ4v) is 3.29. The molecule has 2 N–H and O–H groups in total. The average Bonchev–Trinajstić information content (AvgIpc) is 2.78. The molecule has 1 rings (SSSR count). The molecule has 0 aromatic carbocycles. The van der Waals surface area contributed by atoms with Crippen LogP contribution in [0.1, 0.15) is 39.0 Å². The minimum Gasteiger partial charge on any atom is -0.478 e. The van der Waals surface area contributed by atoms with Gasteiger partial charge in [0.25, 0.3) is 0 Å². The Labute approximate surface area is 108 Å². The summed E-state index contributed by atoms with van der Waals surface area (Å²) >= 11 is 1.95. The Morgan fingerprint density at radius 2 is 2.12 bits per heavy atom. The SMILES string of the molecule is CCC(=CCNCC1(SC)CCCC1)C(=O)O. The zero-order valence-electron chi connectivity index (χ0n) is 10.8. The highest BCUT2D eigenvalue weighted by molar-refractivity contribution is 8.00. The molecule has 17 heavy (non-hydrogen) atoms. The number of aliphatic carboxylic acids is 1. The molecular formula is C13H23NO2S. The molecule has 0 atom stereocenters. The van der Waals surface area contributed by atoms with Crippen molar-refractivity contribution in [2.24, 2.45) is 0 Å². The van der Waals surface area contributed by atoms with Gasteiger partial charge in [-0.05, 0) is 25.5 Å². The Bertz CT molecular complexity index is 283. The van der Waals surface area contributed by atoms with Gasteiger partial charge in [-0.15, -0.1) is 0 Å². The molecule has 1 saturated carbocycles. The summed E-state index contributed by atoms with van der Waals surface area (Å²) in [5, 5.41) is 12.3. The predicted octanol–water partition coefficient (Wildman–Crippen LogP) is 2.67. The van der Waals surface area contributed by atoms with Crippen molar-refractivity contribution in [1.29, 1.82) is 0 Å². The van der Waals surface area contributed by atoms with Crippen molar-refractivity contribution in [2.75, 3.05) is 19.3 Å². The fourth-order valence-electron chi connectivity index (χ4n) is 2.35. The maximum absolute atomic E-state index is 10.8. The van der Waals surface area contributed by atoms with Crippen LogP contribution in [-0.4, -0.2) is 35.2 Å². The highest BCUT2D eigenvalue weighted by Crippen LogP contribution is 2.39. The first kappa shape index (κ1) is 14.6. The summed E-state index contributed by atoms with van der Waals surface area (Å²) in [6.07, 6.45) is 9.78. The topological polar surface area (TPSA) is 49.3 Å². The number of carboxylic acids is 1. The quantitative estimate of drug-likeness (QED) is 0.544. The largest absolute Gasteiger partial charge is 0.478 e. The smallest absolute Gasteiger partial charge is 0.331 e. The van der Waals surface area contributed by atoms with Gasteiger partial charge in [0.2, 0.25) is 0 Å². The van der Waals surface area contributed by atoms with Crippen molar-refractivity contribution in [2.45, 2.75) is 43.8 Å². The summed E-state index contributed by atoms with van der Waals surface area (Å²) in [6, 6.07) is 0. The van der Waals surface area contributed by atoms with Crippen molar-refractivity contribution in [3.63, 3.8) is 0 Å². The van der Waals surface area contributed by atoms with Gasteiger partial charge < -0.3 is 10.4 Å². The molecule has 0 spiro atoms. The molecule has 98 valence electrons. The molecule has 3 nitrogen and oxygen atoms in total. The number of carbonyl (C=O) groups is 1. The fraction of sp³-hybridized carbons (Fsp3) is 0.769. The van der Waals surface area contributed by atoms with Gasteiger partial charge in [-0.25, -0.2) is 4.79 Å². The second kappa shape index (κ2) is 7.07. The van der Waals surface area contributed by atoms with E-state index in [1.54, 1.807) is 6.08 Å². The third-order valence-corrected chi connectivity index (χ3v) is 4.96. The van der Waals surface area contributed by atoms with Gasteiger partial charge in [0, 0.05) is 23.4 Å². The van der Waals surface area contributed by atoms with Gasteiger partial charge in [0.1, 0.15) is 0 Å². The molecule has 1 fully saturated rings. The first-order valence-corrected chi connectivity index (χ1v) is 7.54. The van der Waals surface area contributed by atoms with E-state index in [2.05, 4.69) is 11.6 Å². The summed E-state index contributed by atoms with van der Waals surface area (Å²) in [7, 11) is 0. The molecular weight excluding hydrogens is 234 g/mol. The number of carboxylic acid groups (broad SMARTS) is 1. The second-order valence-corrected chi connectivity index (χ2v) is 5.89. The van der Waals surface area contributed by atoms with Crippen molar-refractivity contribution in [3.05, 3.63) is 11.6 Å². The molecule has 0 unspecified atom stereocenters. The van der Waals surface area contributed by atoms with E-state index in [9.17, 15) is 4.79 Å². The monoisotopic (exact) mass is 257 g/mol. The van der Waals surface area contributed by atoms with E-state index in [0.717, 1.165) is 6.54 Å². The molecule has 1 aliphatic carbocycles. The van der Waals surface area contributed by atoms with E-state index in [0.29, 0.717) is 23.3 Å². The Hall–Kier alpha value is -0.480. The van der Waals surface area contributed by atoms with Crippen LogP contribution in [0.25, 0.3) is 0 Å². The van der Waals surface area contributed by atoms with Crippen molar-refractivity contribution in [3.8, 4) is 0 Å². The zero-order valence-corrected chi connectivity index (χ0v) is 11.6. The molecule has 0 bridgehead atoms. The number of hydrogen-bond donors (Lipinski definition) is 2. The Morgan fingerprint density at radius 1 is 1.47 bits per heavy atom. The third kappa shape index (κ3) is 4.36. The van der Waals surface area contributed by atoms with Crippen LogP contribution in [0.3, 0.4) is 0 Å². The second-order valence-electron chi connectivity index (χ2n) is 4.61. The lowest BCUT2D eigenvalue weighted by molar-refractivity contribution is -0.132.